The van der Waals surface area contributed by atoms with Gasteiger partial charge in [-0.1, -0.05) is 19.8 Å². The second-order valence-corrected chi connectivity index (χ2v) is 6.20. The van der Waals surface area contributed by atoms with Crippen molar-refractivity contribution in [3.63, 3.8) is 0 Å². The maximum absolute atomic E-state index is 11.9. The van der Waals surface area contributed by atoms with Crippen LogP contribution in [0, 0.1) is 11.3 Å². The molecule has 1 amide bonds. The highest BCUT2D eigenvalue weighted by atomic mass is 16.2. The Labute approximate surface area is 97.6 Å². The van der Waals surface area contributed by atoms with Crippen LogP contribution in [0.15, 0.2) is 0 Å². The fourth-order valence-corrected chi connectivity index (χ4v) is 3.22. The average molecular weight is 222 g/mol. The minimum atomic E-state index is 0.324. The number of rotatable bonds is 3. The largest absolute Gasteiger partial charge is 0.325 e. The van der Waals surface area contributed by atoms with E-state index in [-0.39, 0.29) is 0 Å². The lowest BCUT2D eigenvalue weighted by Gasteiger charge is -2.31. The Morgan fingerprint density at radius 3 is 2.69 bits per heavy atom. The lowest BCUT2D eigenvalue weighted by atomic mass is 10.0. The van der Waals surface area contributed by atoms with Gasteiger partial charge in [-0.3, -0.25) is 10.1 Å². The molecule has 90 valence electrons. The van der Waals surface area contributed by atoms with Gasteiger partial charge in [-0.05, 0) is 37.0 Å². The molecule has 0 bridgehead atoms. The third kappa shape index (κ3) is 1.86. The first-order chi connectivity index (χ1) is 7.68. The van der Waals surface area contributed by atoms with Crippen LogP contribution in [0.4, 0.5) is 0 Å². The summed E-state index contributed by atoms with van der Waals surface area (Å²) in [6.45, 7) is 3.86. The summed E-state index contributed by atoms with van der Waals surface area (Å²) >= 11 is 0. The van der Waals surface area contributed by atoms with E-state index in [1.807, 2.05) is 0 Å². The summed E-state index contributed by atoms with van der Waals surface area (Å²) in [5.41, 5.74) is 0.443. The van der Waals surface area contributed by atoms with Gasteiger partial charge in [0.25, 0.3) is 0 Å². The summed E-state index contributed by atoms with van der Waals surface area (Å²) < 4.78 is 0. The lowest BCUT2D eigenvalue weighted by molar-refractivity contribution is -0.129. The highest BCUT2D eigenvalue weighted by Gasteiger charge is 2.45. The molecule has 1 heterocycles. The number of hydrogen-bond donors (Lipinski definition) is 1. The highest BCUT2D eigenvalue weighted by Crippen LogP contribution is 2.46. The van der Waals surface area contributed by atoms with Gasteiger partial charge in [0, 0.05) is 6.54 Å². The van der Waals surface area contributed by atoms with Gasteiger partial charge in [0.1, 0.15) is 0 Å². The van der Waals surface area contributed by atoms with Crippen LogP contribution in [0.2, 0.25) is 0 Å². The first-order valence-electron chi connectivity index (χ1n) is 6.71. The number of carbonyl (C=O) groups is 1. The topological polar surface area (TPSA) is 32.3 Å². The molecule has 3 aliphatic rings. The standard InChI is InChI=1S/C13H22N2O/c1-13(6-7-13)9-15-11(16)8-14-12(15)10-4-2-3-5-10/h10,12,14H,2-9H2,1H3. The van der Waals surface area contributed by atoms with Crippen molar-refractivity contribution in [2.24, 2.45) is 11.3 Å². The van der Waals surface area contributed by atoms with Gasteiger partial charge >= 0.3 is 0 Å². The van der Waals surface area contributed by atoms with Crippen molar-refractivity contribution in [3.8, 4) is 0 Å². The fourth-order valence-electron chi connectivity index (χ4n) is 3.22. The van der Waals surface area contributed by atoms with Crippen molar-refractivity contribution in [2.45, 2.75) is 51.6 Å². The molecule has 0 aromatic rings. The zero-order valence-electron chi connectivity index (χ0n) is 10.2. The minimum absolute atomic E-state index is 0.324. The molecule has 3 heteroatoms. The zero-order valence-corrected chi connectivity index (χ0v) is 10.2. The van der Waals surface area contributed by atoms with Crippen molar-refractivity contribution < 1.29 is 4.79 Å². The molecule has 1 saturated heterocycles. The summed E-state index contributed by atoms with van der Waals surface area (Å²) in [6, 6.07) is 0. The molecule has 1 N–H and O–H groups in total. The molecule has 1 unspecified atom stereocenters. The van der Waals surface area contributed by atoms with E-state index in [0.29, 0.717) is 30.0 Å². The van der Waals surface area contributed by atoms with Crippen LogP contribution in [-0.2, 0) is 4.79 Å². The smallest absolute Gasteiger partial charge is 0.237 e. The summed E-state index contributed by atoms with van der Waals surface area (Å²) in [7, 11) is 0. The van der Waals surface area contributed by atoms with Gasteiger partial charge in [0.05, 0.1) is 12.7 Å². The number of amides is 1. The third-order valence-electron chi connectivity index (χ3n) is 4.62. The molecule has 0 aromatic carbocycles. The molecule has 16 heavy (non-hydrogen) atoms. The van der Waals surface area contributed by atoms with E-state index in [0.717, 1.165) is 6.54 Å². The molecule has 3 rings (SSSR count). The third-order valence-corrected chi connectivity index (χ3v) is 4.62. The van der Waals surface area contributed by atoms with Crippen molar-refractivity contribution in [3.05, 3.63) is 0 Å². The van der Waals surface area contributed by atoms with E-state index in [4.69, 9.17) is 0 Å². The van der Waals surface area contributed by atoms with E-state index >= 15 is 0 Å². The van der Waals surface area contributed by atoms with Crippen LogP contribution in [0.3, 0.4) is 0 Å². The molecule has 0 radical (unpaired) electrons. The van der Waals surface area contributed by atoms with Gasteiger partial charge in [-0.15, -0.1) is 0 Å². The van der Waals surface area contributed by atoms with Gasteiger partial charge < -0.3 is 4.90 Å². The molecule has 3 nitrogen and oxygen atoms in total. The average Bonchev–Trinajstić information content (AvgIpc) is 2.70. The second kappa shape index (κ2) is 3.73. The summed E-state index contributed by atoms with van der Waals surface area (Å²) in [6.07, 6.45) is 8.26. The SMILES string of the molecule is CC1(CN2C(=O)CNC2C2CCCC2)CC1. The predicted octanol–water partition coefficient (Wildman–Crippen LogP) is 1.73. The van der Waals surface area contributed by atoms with Gasteiger partial charge in [0.15, 0.2) is 0 Å². The maximum atomic E-state index is 11.9. The summed E-state index contributed by atoms with van der Waals surface area (Å²) in [4.78, 5) is 14.1. The molecule has 0 aromatic heterocycles. The molecular formula is C13H22N2O. The Kier molecular flexibility index (Phi) is 2.46. The molecule has 3 fully saturated rings. The van der Waals surface area contributed by atoms with Crippen molar-refractivity contribution in [2.75, 3.05) is 13.1 Å². The Morgan fingerprint density at radius 1 is 1.38 bits per heavy atom. The van der Waals surface area contributed by atoms with Crippen LogP contribution >= 0.6 is 0 Å². The first-order valence-corrected chi connectivity index (χ1v) is 6.71. The van der Waals surface area contributed by atoms with E-state index in [9.17, 15) is 4.79 Å². The number of nitrogens with one attached hydrogen (secondary N) is 1. The molecule has 2 aliphatic carbocycles. The molecule has 1 atom stereocenters. The minimum Gasteiger partial charge on any atom is -0.325 e. The maximum Gasteiger partial charge on any atom is 0.237 e. The van der Waals surface area contributed by atoms with E-state index in [2.05, 4.69) is 17.1 Å². The number of nitrogens with zero attached hydrogens (tertiary/aromatic N) is 1. The van der Waals surface area contributed by atoms with Crippen LogP contribution in [0.1, 0.15) is 45.4 Å². The Morgan fingerprint density at radius 2 is 2.06 bits per heavy atom. The van der Waals surface area contributed by atoms with Gasteiger partial charge in [0.2, 0.25) is 5.91 Å². The van der Waals surface area contributed by atoms with E-state index in [1.54, 1.807) is 0 Å². The Bertz CT molecular complexity index is 292. The summed E-state index contributed by atoms with van der Waals surface area (Å²) in [5, 5.41) is 3.43. The van der Waals surface area contributed by atoms with Crippen molar-refractivity contribution in [1.82, 2.24) is 10.2 Å². The van der Waals surface area contributed by atoms with Crippen molar-refractivity contribution >= 4 is 5.91 Å². The molecule has 0 spiro atoms. The Balaban J connectivity index is 1.69. The van der Waals surface area contributed by atoms with Crippen LogP contribution in [0.5, 0.6) is 0 Å². The van der Waals surface area contributed by atoms with Gasteiger partial charge in [-0.25, -0.2) is 0 Å². The van der Waals surface area contributed by atoms with E-state index in [1.165, 1.54) is 38.5 Å². The van der Waals surface area contributed by atoms with E-state index < -0.39 is 0 Å². The van der Waals surface area contributed by atoms with Crippen LogP contribution in [-0.4, -0.2) is 30.1 Å². The molecule has 2 saturated carbocycles. The number of hydrogen-bond acceptors (Lipinski definition) is 2. The zero-order chi connectivity index (χ0) is 11.2. The quantitative estimate of drug-likeness (QED) is 0.789. The fraction of sp³-hybridized carbons (Fsp3) is 0.923. The van der Waals surface area contributed by atoms with Crippen LogP contribution in [0.25, 0.3) is 0 Å². The normalized spacial score (nSPS) is 33.7. The first kappa shape index (κ1) is 10.6. The molecule has 1 aliphatic heterocycles. The number of carbonyl (C=O) groups excluding carboxylic acids is 1. The second-order valence-electron chi connectivity index (χ2n) is 6.20. The predicted molar refractivity (Wildman–Crippen MR) is 62.8 cm³/mol. The highest BCUT2D eigenvalue weighted by molar-refractivity contribution is 5.80. The monoisotopic (exact) mass is 222 g/mol. The molecular weight excluding hydrogens is 200 g/mol. The Hall–Kier alpha value is -0.570. The van der Waals surface area contributed by atoms with Crippen molar-refractivity contribution in [1.29, 1.82) is 0 Å². The van der Waals surface area contributed by atoms with Gasteiger partial charge in [-0.2, -0.15) is 0 Å². The lowest BCUT2D eigenvalue weighted by Crippen LogP contribution is -2.44. The van der Waals surface area contributed by atoms with Crippen LogP contribution < -0.4 is 5.32 Å². The summed E-state index contributed by atoms with van der Waals surface area (Å²) in [5.74, 6) is 1.04.